The third-order valence-electron chi connectivity index (χ3n) is 3.26. The molecular weight excluding hydrogens is 365 g/mol. The van der Waals surface area contributed by atoms with E-state index in [0.29, 0.717) is 22.0 Å². The van der Waals surface area contributed by atoms with Crippen molar-refractivity contribution in [3.63, 3.8) is 0 Å². The Balaban J connectivity index is 1.69. The molecule has 7 heteroatoms. The molecule has 0 aliphatic carbocycles. The van der Waals surface area contributed by atoms with Crippen molar-refractivity contribution in [1.82, 2.24) is 0 Å². The molecule has 0 fully saturated rings. The van der Waals surface area contributed by atoms with Gasteiger partial charge in [-0.3, -0.25) is 9.59 Å². The van der Waals surface area contributed by atoms with Gasteiger partial charge in [-0.25, -0.2) is 4.39 Å². The normalized spacial score (nSPS) is 10.4. The molecule has 2 aromatic rings. The average Bonchev–Trinajstić information content (AvgIpc) is 2.58. The zero-order chi connectivity index (χ0) is 18.2. The van der Waals surface area contributed by atoms with Gasteiger partial charge in [0.25, 0.3) is 5.91 Å². The highest BCUT2D eigenvalue weighted by Gasteiger charge is 2.09. The highest BCUT2D eigenvalue weighted by atomic mass is 35.5. The molecule has 0 aliphatic heterocycles. The molecular formula is C18H17ClFNO3S. The summed E-state index contributed by atoms with van der Waals surface area (Å²) in [6.07, 6.45) is 0. The number of carbonyl (C=O) groups excluding carboxylic acids is 2. The quantitative estimate of drug-likeness (QED) is 0.730. The zero-order valence-electron chi connectivity index (χ0n) is 13.6. The fraction of sp³-hybridized carbons (Fsp3) is 0.222. The Morgan fingerprint density at radius 3 is 2.72 bits per heavy atom. The van der Waals surface area contributed by atoms with Crippen LogP contribution in [-0.4, -0.2) is 24.2 Å². The Labute approximate surface area is 154 Å². The molecule has 0 bridgehead atoms. The largest absolute Gasteiger partial charge is 0.455 e. The number of thioether (sulfide) groups is 1. The summed E-state index contributed by atoms with van der Waals surface area (Å²) in [7, 11) is 0. The van der Waals surface area contributed by atoms with Crippen molar-refractivity contribution in [1.29, 1.82) is 0 Å². The number of ether oxygens (including phenoxy) is 1. The monoisotopic (exact) mass is 381 g/mol. The predicted molar refractivity (Wildman–Crippen MR) is 98.3 cm³/mol. The van der Waals surface area contributed by atoms with Gasteiger partial charge >= 0.3 is 5.97 Å². The van der Waals surface area contributed by atoms with Crippen molar-refractivity contribution >= 4 is 40.9 Å². The van der Waals surface area contributed by atoms with E-state index < -0.39 is 24.3 Å². The van der Waals surface area contributed by atoms with Gasteiger partial charge in [0.2, 0.25) is 0 Å². The van der Waals surface area contributed by atoms with Crippen LogP contribution in [0.5, 0.6) is 0 Å². The number of halogens is 2. The maximum Gasteiger partial charge on any atom is 0.316 e. The number of amides is 1. The first-order chi connectivity index (χ1) is 12.0. The summed E-state index contributed by atoms with van der Waals surface area (Å²) in [5.41, 5.74) is 1.73. The molecule has 1 amide bonds. The van der Waals surface area contributed by atoms with E-state index in [0.717, 1.165) is 5.56 Å². The summed E-state index contributed by atoms with van der Waals surface area (Å²) in [6, 6.07) is 11.7. The number of carbonyl (C=O) groups is 2. The van der Waals surface area contributed by atoms with E-state index in [4.69, 9.17) is 16.3 Å². The number of anilines is 1. The van der Waals surface area contributed by atoms with Crippen LogP contribution >= 0.6 is 23.4 Å². The van der Waals surface area contributed by atoms with Gasteiger partial charge in [0.1, 0.15) is 5.82 Å². The van der Waals surface area contributed by atoms with Crippen LogP contribution in [0, 0.1) is 12.7 Å². The van der Waals surface area contributed by atoms with Crippen LogP contribution in [-0.2, 0) is 20.1 Å². The van der Waals surface area contributed by atoms with E-state index in [-0.39, 0.29) is 5.75 Å². The van der Waals surface area contributed by atoms with Gasteiger partial charge in [-0.1, -0.05) is 35.9 Å². The molecule has 0 unspecified atom stereocenters. The number of nitrogens with one attached hydrogen (secondary N) is 1. The van der Waals surface area contributed by atoms with Crippen molar-refractivity contribution in [3.05, 3.63) is 64.4 Å². The maximum atomic E-state index is 13.4. The van der Waals surface area contributed by atoms with E-state index in [2.05, 4.69) is 5.32 Å². The second kappa shape index (κ2) is 9.44. The Morgan fingerprint density at radius 2 is 2.00 bits per heavy atom. The van der Waals surface area contributed by atoms with Crippen LogP contribution in [0.15, 0.2) is 42.5 Å². The fourth-order valence-electron chi connectivity index (χ4n) is 1.92. The molecule has 0 heterocycles. The first kappa shape index (κ1) is 19.3. The van der Waals surface area contributed by atoms with Gasteiger partial charge in [0.15, 0.2) is 6.61 Å². The molecule has 2 rings (SSSR count). The van der Waals surface area contributed by atoms with Crippen molar-refractivity contribution in [2.45, 2.75) is 12.7 Å². The fourth-order valence-corrected chi connectivity index (χ4v) is 3.02. The molecule has 2 aromatic carbocycles. The Bertz CT molecular complexity index is 770. The first-order valence-electron chi connectivity index (χ1n) is 7.48. The number of esters is 1. The minimum Gasteiger partial charge on any atom is -0.455 e. The lowest BCUT2D eigenvalue weighted by Gasteiger charge is -2.08. The summed E-state index contributed by atoms with van der Waals surface area (Å²) in [6.45, 7) is 1.21. The third kappa shape index (κ3) is 6.40. The highest BCUT2D eigenvalue weighted by Crippen LogP contribution is 2.20. The predicted octanol–water partition coefficient (Wildman–Crippen LogP) is 4.20. The lowest BCUT2D eigenvalue weighted by molar-refractivity contribution is -0.144. The van der Waals surface area contributed by atoms with Crippen molar-refractivity contribution in [2.75, 3.05) is 17.7 Å². The zero-order valence-corrected chi connectivity index (χ0v) is 15.1. The number of hydrogen-bond acceptors (Lipinski definition) is 4. The molecule has 0 radical (unpaired) electrons. The molecule has 0 aromatic heterocycles. The van der Waals surface area contributed by atoms with Crippen LogP contribution in [0.1, 0.15) is 11.1 Å². The van der Waals surface area contributed by atoms with Gasteiger partial charge in [-0.2, -0.15) is 0 Å². The Kier molecular flexibility index (Phi) is 7.28. The van der Waals surface area contributed by atoms with Crippen molar-refractivity contribution in [2.24, 2.45) is 0 Å². The average molecular weight is 382 g/mol. The molecule has 0 atom stereocenters. The highest BCUT2D eigenvalue weighted by molar-refractivity contribution is 7.99. The molecule has 4 nitrogen and oxygen atoms in total. The second-order valence-electron chi connectivity index (χ2n) is 5.26. The second-order valence-corrected chi connectivity index (χ2v) is 6.65. The van der Waals surface area contributed by atoms with E-state index in [1.807, 2.05) is 18.2 Å². The Morgan fingerprint density at radius 1 is 1.24 bits per heavy atom. The van der Waals surface area contributed by atoms with E-state index in [1.54, 1.807) is 25.1 Å². The van der Waals surface area contributed by atoms with Gasteiger partial charge in [-0.05, 0) is 36.2 Å². The lowest BCUT2D eigenvalue weighted by atomic mass is 10.2. The molecule has 0 aliphatic rings. The SMILES string of the molecule is Cc1ccc(NC(=O)COC(=O)CSCc2ccccc2Cl)cc1F. The summed E-state index contributed by atoms with van der Waals surface area (Å²) in [5.74, 6) is -0.748. The first-order valence-corrected chi connectivity index (χ1v) is 9.02. The van der Waals surface area contributed by atoms with Crippen molar-refractivity contribution in [3.8, 4) is 0 Å². The van der Waals surface area contributed by atoms with Gasteiger partial charge in [0, 0.05) is 16.5 Å². The van der Waals surface area contributed by atoms with Crippen LogP contribution < -0.4 is 5.32 Å². The van der Waals surface area contributed by atoms with Crippen LogP contribution in [0.3, 0.4) is 0 Å². The smallest absolute Gasteiger partial charge is 0.316 e. The van der Waals surface area contributed by atoms with Crippen LogP contribution in [0.25, 0.3) is 0 Å². The molecule has 132 valence electrons. The lowest BCUT2D eigenvalue weighted by Crippen LogP contribution is -2.21. The minimum atomic E-state index is -0.521. The number of rotatable bonds is 7. The van der Waals surface area contributed by atoms with E-state index in [1.165, 1.54) is 17.8 Å². The van der Waals surface area contributed by atoms with Gasteiger partial charge < -0.3 is 10.1 Å². The summed E-state index contributed by atoms with van der Waals surface area (Å²) < 4.78 is 18.3. The molecule has 25 heavy (non-hydrogen) atoms. The van der Waals surface area contributed by atoms with Gasteiger partial charge in [0.05, 0.1) is 5.75 Å². The molecule has 0 saturated carbocycles. The number of aryl methyl sites for hydroxylation is 1. The van der Waals surface area contributed by atoms with E-state index >= 15 is 0 Å². The van der Waals surface area contributed by atoms with Gasteiger partial charge in [-0.15, -0.1) is 11.8 Å². The molecule has 0 saturated heterocycles. The third-order valence-corrected chi connectivity index (χ3v) is 4.58. The maximum absolute atomic E-state index is 13.4. The van der Waals surface area contributed by atoms with Crippen LogP contribution in [0.4, 0.5) is 10.1 Å². The number of benzene rings is 2. The summed E-state index contributed by atoms with van der Waals surface area (Å²) in [5, 5.41) is 3.12. The topological polar surface area (TPSA) is 55.4 Å². The minimum absolute atomic E-state index is 0.109. The molecule has 0 spiro atoms. The summed E-state index contributed by atoms with van der Waals surface area (Å²) in [4.78, 5) is 23.4. The van der Waals surface area contributed by atoms with Crippen molar-refractivity contribution < 1.29 is 18.7 Å². The number of hydrogen-bond donors (Lipinski definition) is 1. The van der Waals surface area contributed by atoms with Crippen LogP contribution in [0.2, 0.25) is 5.02 Å². The summed E-state index contributed by atoms with van der Waals surface area (Å²) >= 11 is 7.38. The standard InChI is InChI=1S/C18H17ClFNO3S/c1-12-6-7-14(8-16(12)20)21-17(22)9-24-18(23)11-25-10-13-4-2-3-5-15(13)19/h2-8H,9-11H2,1H3,(H,21,22). The Hall–Kier alpha value is -2.05. The molecule has 1 N–H and O–H groups in total. The van der Waals surface area contributed by atoms with E-state index in [9.17, 15) is 14.0 Å².